The van der Waals surface area contributed by atoms with Crippen LogP contribution < -0.4 is 10.4 Å². The smallest absolute Gasteiger partial charge is 0.0991 e. The van der Waals surface area contributed by atoms with E-state index in [1.165, 1.54) is 0 Å². The summed E-state index contributed by atoms with van der Waals surface area (Å²) in [5.74, 6) is -1.02. The molecular weight excluding hydrogens is 228 g/mol. The summed E-state index contributed by atoms with van der Waals surface area (Å²) in [4.78, 5) is 11.2. The van der Waals surface area contributed by atoms with Gasteiger partial charge in [-0.05, 0) is 36.1 Å². The fraction of sp³-hybridized carbons (Fsp3) is 0.286. The predicted molar refractivity (Wildman–Crippen MR) is 63.6 cm³/mol. The van der Waals surface area contributed by atoms with Gasteiger partial charge in [-0.25, -0.2) is 0 Å². The van der Waals surface area contributed by atoms with Crippen LogP contribution in [0.25, 0.3) is 0 Å². The maximum Gasteiger partial charge on any atom is 0.0991 e. The third-order valence-corrected chi connectivity index (χ3v) is 3.75. The number of carbonyl (C=O) groups excluding carboxylic acids is 1. The second-order valence-electron chi connectivity index (χ2n) is 4.71. The van der Waals surface area contributed by atoms with E-state index in [0.717, 1.165) is 17.7 Å². The van der Waals surface area contributed by atoms with E-state index in [4.69, 9.17) is 5.26 Å². The number of hydrogen-bond acceptors (Lipinski definition) is 4. The quantitative estimate of drug-likeness (QED) is 0.734. The Labute approximate surface area is 105 Å². The van der Waals surface area contributed by atoms with Gasteiger partial charge in [-0.1, -0.05) is 12.2 Å². The first-order valence-corrected chi connectivity index (χ1v) is 5.89. The Morgan fingerprint density at radius 3 is 3.06 bits per heavy atom. The lowest BCUT2D eigenvalue weighted by molar-refractivity contribution is -0.308. The normalized spacial score (nSPS) is 27.8. The van der Waals surface area contributed by atoms with Crippen LogP contribution in [0.15, 0.2) is 30.4 Å². The average molecular weight is 239 g/mol. The van der Waals surface area contributed by atoms with Crippen LogP contribution >= 0.6 is 0 Å². The summed E-state index contributed by atoms with van der Waals surface area (Å²) in [7, 11) is 0. The van der Waals surface area contributed by atoms with Crippen LogP contribution in [-0.4, -0.2) is 12.0 Å². The summed E-state index contributed by atoms with van der Waals surface area (Å²) in [6.07, 6.45) is 4.76. The Morgan fingerprint density at radius 1 is 1.50 bits per heavy atom. The number of carboxylic acids is 1. The first-order valence-electron chi connectivity index (χ1n) is 5.89. The van der Waals surface area contributed by atoms with Crippen LogP contribution in [0.5, 0.6) is 0 Å². The molecular formula is C14H11N2O2-. The molecule has 2 aliphatic rings. The number of allylic oxidation sites excluding steroid dienone is 2. The van der Waals surface area contributed by atoms with Crippen LogP contribution in [0.1, 0.15) is 23.5 Å². The SMILES string of the molecule is N#Cc1ccc2c(c1)[C@H]1C=CC[C@H]1[C@@H](C(=O)[O-])N2. The van der Waals surface area contributed by atoms with E-state index < -0.39 is 12.0 Å². The van der Waals surface area contributed by atoms with Crippen LogP contribution in [0.3, 0.4) is 0 Å². The maximum absolute atomic E-state index is 11.2. The molecule has 18 heavy (non-hydrogen) atoms. The number of fused-ring (bicyclic) bond motifs is 3. The lowest BCUT2D eigenvalue weighted by Gasteiger charge is -2.37. The lowest BCUT2D eigenvalue weighted by Crippen LogP contribution is -2.48. The molecule has 0 saturated heterocycles. The first kappa shape index (κ1) is 10.8. The molecule has 3 rings (SSSR count). The Balaban J connectivity index is 2.09. The molecule has 0 bridgehead atoms. The highest BCUT2D eigenvalue weighted by Crippen LogP contribution is 2.44. The minimum absolute atomic E-state index is 0.0172. The zero-order chi connectivity index (χ0) is 12.7. The van der Waals surface area contributed by atoms with Crippen molar-refractivity contribution in [3.05, 3.63) is 41.5 Å². The van der Waals surface area contributed by atoms with Gasteiger partial charge in [0.1, 0.15) is 0 Å². The number of nitrogens with one attached hydrogen (secondary N) is 1. The molecule has 0 amide bonds. The molecule has 4 nitrogen and oxygen atoms in total. The summed E-state index contributed by atoms with van der Waals surface area (Å²) in [5.41, 5.74) is 2.39. The number of carboxylic acid groups (broad SMARTS) is 1. The molecule has 0 saturated carbocycles. The van der Waals surface area contributed by atoms with Crippen LogP contribution in [0.4, 0.5) is 5.69 Å². The van der Waals surface area contributed by atoms with Crippen molar-refractivity contribution in [1.29, 1.82) is 5.26 Å². The van der Waals surface area contributed by atoms with Gasteiger partial charge < -0.3 is 15.2 Å². The molecule has 0 spiro atoms. The molecule has 0 fully saturated rings. The van der Waals surface area contributed by atoms with Gasteiger partial charge in [0.15, 0.2) is 0 Å². The van der Waals surface area contributed by atoms with Crippen molar-refractivity contribution in [3.63, 3.8) is 0 Å². The van der Waals surface area contributed by atoms with Crippen molar-refractivity contribution in [2.45, 2.75) is 18.4 Å². The second-order valence-corrected chi connectivity index (χ2v) is 4.71. The van der Waals surface area contributed by atoms with Gasteiger partial charge in [0, 0.05) is 11.6 Å². The van der Waals surface area contributed by atoms with Crippen LogP contribution in [0.2, 0.25) is 0 Å². The monoisotopic (exact) mass is 239 g/mol. The Hall–Kier alpha value is -2.28. The minimum Gasteiger partial charge on any atom is -0.548 e. The molecule has 1 aromatic carbocycles. The largest absolute Gasteiger partial charge is 0.548 e. The van der Waals surface area contributed by atoms with Gasteiger partial charge in [-0.3, -0.25) is 0 Å². The van der Waals surface area contributed by atoms with Gasteiger partial charge in [-0.2, -0.15) is 5.26 Å². The molecule has 3 atom stereocenters. The molecule has 0 aromatic heterocycles. The van der Waals surface area contributed by atoms with E-state index in [1.54, 1.807) is 12.1 Å². The average Bonchev–Trinajstić information content (AvgIpc) is 2.86. The first-order chi connectivity index (χ1) is 8.70. The van der Waals surface area contributed by atoms with E-state index in [2.05, 4.69) is 11.4 Å². The molecule has 1 aliphatic heterocycles. The minimum atomic E-state index is -1.07. The summed E-state index contributed by atoms with van der Waals surface area (Å²) in [6.45, 7) is 0. The molecule has 1 aliphatic carbocycles. The number of benzene rings is 1. The van der Waals surface area contributed by atoms with E-state index >= 15 is 0 Å². The Kier molecular flexibility index (Phi) is 2.34. The highest BCUT2D eigenvalue weighted by Gasteiger charge is 2.37. The highest BCUT2D eigenvalue weighted by atomic mass is 16.4. The number of rotatable bonds is 1. The lowest BCUT2D eigenvalue weighted by atomic mass is 9.79. The molecule has 1 heterocycles. The molecule has 90 valence electrons. The zero-order valence-electron chi connectivity index (χ0n) is 9.59. The van der Waals surface area contributed by atoms with E-state index in [0.29, 0.717) is 5.56 Å². The summed E-state index contributed by atoms with van der Waals surface area (Å²) < 4.78 is 0. The highest BCUT2D eigenvalue weighted by molar-refractivity contribution is 5.79. The summed E-state index contributed by atoms with van der Waals surface area (Å²) >= 11 is 0. The van der Waals surface area contributed by atoms with Crippen LogP contribution in [-0.2, 0) is 4.79 Å². The van der Waals surface area contributed by atoms with Gasteiger partial charge in [0.05, 0.1) is 23.6 Å². The van der Waals surface area contributed by atoms with Crippen molar-refractivity contribution in [2.75, 3.05) is 5.32 Å². The summed E-state index contributed by atoms with van der Waals surface area (Å²) in [6, 6.07) is 6.74. The molecule has 1 N–H and O–H groups in total. The molecule has 1 aromatic rings. The maximum atomic E-state index is 11.2. The third-order valence-electron chi connectivity index (χ3n) is 3.75. The molecule has 0 radical (unpaired) electrons. The number of hydrogen-bond donors (Lipinski definition) is 1. The third kappa shape index (κ3) is 1.48. The predicted octanol–water partition coefficient (Wildman–Crippen LogP) is 0.762. The van der Waals surface area contributed by atoms with Crippen molar-refractivity contribution < 1.29 is 9.90 Å². The number of nitriles is 1. The van der Waals surface area contributed by atoms with Gasteiger partial charge in [0.2, 0.25) is 0 Å². The topological polar surface area (TPSA) is 76.0 Å². The number of aliphatic carboxylic acids is 1. The number of carbonyl (C=O) groups is 1. The van der Waals surface area contributed by atoms with Gasteiger partial charge in [0.25, 0.3) is 0 Å². The molecule has 4 heteroatoms. The standard InChI is InChI=1S/C14H12N2O2/c15-7-8-4-5-12-11(6-8)9-2-1-3-10(9)13(16-12)14(17)18/h1-2,4-6,9-10,13,16H,3H2,(H,17,18)/p-1/t9-,10+,13-/m0/s1. The van der Waals surface area contributed by atoms with Crippen LogP contribution in [0, 0.1) is 17.2 Å². The number of nitrogens with zero attached hydrogens (tertiary/aromatic N) is 1. The number of anilines is 1. The van der Waals surface area contributed by atoms with Gasteiger partial charge in [-0.15, -0.1) is 0 Å². The Morgan fingerprint density at radius 2 is 2.33 bits per heavy atom. The molecule has 0 unspecified atom stereocenters. The summed E-state index contributed by atoms with van der Waals surface area (Å²) in [5, 5.41) is 23.1. The van der Waals surface area contributed by atoms with Crippen molar-refractivity contribution in [3.8, 4) is 6.07 Å². The van der Waals surface area contributed by atoms with E-state index in [1.807, 2.05) is 18.2 Å². The Bertz CT molecular complexity index is 586. The van der Waals surface area contributed by atoms with Gasteiger partial charge >= 0.3 is 0 Å². The van der Waals surface area contributed by atoms with Crippen molar-refractivity contribution in [1.82, 2.24) is 0 Å². The van der Waals surface area contributed by atoms with E-state index in [9.17, 15) is 9.90 Å². The fourth-order valence-electron chi connectivity index (χ4n) is 2.90. The van der Waals surface area contributed by atoms with Crippen molar-refractivity contribution >= 4 is 11.7 Å². The second kappa shape index (κ2) is 3.88. The van der Waals surface area contributed by atoms with Crippen molar-refractivity contribution in [2.24, 2.45) is 5.92 Å². The van der Waals surface area contributed by atoms with E-state index in [-0.39, 0.29) is 11.8 Å². The fourth-order valence-corrected chi connectivity index (χ4v) is 2.90. The zero-order valence-corrected chi connectivity index (χ0v) is 9.59.